The third-order valence-electron chi connectivity index (χ3n) is 5.68. The lowest BCUT2D eigenvalue weighted by Crippen LogP contribution is -2.36. The van der Waals surface area contributed by atoms with Gasteiger partial charge in [-0.25, -0.2) is 0 Å². The molecule has 0 aromatic heterocycles. The van der Waals surface area contributed by atoms with E-state index in [-0.39, 0.29) is 46.1 Å². The minimum Gasteiger partial charge on any atom is -0.507 e. The molecule has 2 heterocycles. The fraction of sp³-hybridized carbons (Fsp3) is 0.304. The van der Waals surface area contributed by atoms with Gasteiger partial charge in [0.15, 0.2) is 11.5 Å². The zero-order chi connectivity index (χ0) is 23.0. The molecule has 2 saturated heterocycles. The number of phenols is 1. The predicted octanol–water partition coefficient (Wildman–Crippen LogP) is 4.31. The third kappa shape index (κ3) is 4.03. The van der Waals surface area contributed by atoms with Crippen molar-refractivity contribution in [3.8, 4) is 11.5 Å². The monoisotopic (exact) mass is 477 g/mol. The van der Waals surface area contributed by atoms with Crippen molar-refractivity contribution in [2.75, 3.05) is 20.3 Å². The van der Waals surface area contributed by atoms with E-state index < -0.39 is 17.7 Å². The van der Waals surface area contributed by atoms with E-state index in [0.29, 0.717) is 17.2 Å². The molecular formula is C23H21Cl2NO6. The molecule has 0 radical (unpaired) electrons. The lowest BCUT2D eigenvalue weighted by atomic mass is 9.95. The Labute approximate surface area is 194 Å². The van der Waals surface area contributed by atoms with Gasteiger partial charge in [-0.3, -0.25) is 9.59 Å². The van der Waals surface area contributed by atoms with Crippen molar-refractivity contribution < 1.29 is 29.3 Å². The van der Waals surface area contributed by atoms with Crippen molar-refractivity contribution in [1.82, 2.24) is 4.90 Å². The molecule has 32 heavy (non-hydrogen) atoms. The number of ketones is 1. The summed E-state index contributed by atoms with van der Waals surface area (Å²) in [6, 6.07) is 8.10. The topological polar surface area (TPSA) is 96.3 Å². The summed E-state index contributed by atoms with van der Waals surface area (Å²) in [6.45, 7) is 0.770. The maximum atomic E-state index is 13.1. The van der Waals surface area contributed by atoms with E-state index in [1.165, 1.54) is 42.3 Å². The number of aliphatic hydroxyl groups excluding tert-OH is 1. The Bertz CT molecular complexity index is 1110. The standard InChI is InChI=1S/C23H21Cl2NO6/c1-31-18-7-5-12(10-17(18)27)20-19(21(28)13-4-6-15(24)16(25)9-13)22(29)23(30)26(20)11-14-3-2-8-32-14/h4-7,9-10,14,20,27-28H,2-3,8,11H2,1H3/b21-19-. The van der Waals surface area contributed by atoms with E-state index in [2.05, 4.69) is 0 Å². The number of ether oxygens (including phenoxy) is 2. The fourth-order valence-electron chi connectivity index (χ4n) is 4.10. The molecule has 2 aliphatic rings. The fourth-order valence-corrected chi connectivity index (χ4v) is 4.40. The van der Waals surface area contributed by atoms with E-state index in [1.54, 1.807) is 6.07 Å². The van der Waals surface area contributed by atoms with Crippen LogP contribution in [0.2, 0.25) is 10.0 Å². The molecule has 2 unspecified atom stereocenters. The Hall–Kier alpha value is -2.74. The molecule has 2 N–H and O–H groups in total. The highest BCUT2D eigenvalue weighted by Gasteiger charge is 2.47. The molecule has 2 aromatic rings. The minimum atomic E-state index is -0.926. The number of hydrogen-bond acceptors (Lipinski definition) is 6. The number of methoxy groups -OCH3 is 1. The quantitative estimate of drug-likeness (QED) is 0.378. The van der Waals surface area contributed by atoms with Crippen LogP contribution in [0, 0.1) is 0 Å². The van der Waals surface area contributed by atoms with Crippen LogP contribution in [0.15, 0.2) is 42.0 Å². The lowest BCUT2D eigenvalue weighted by Gasteiger charge is -2.27. The molecule has 2 fully saturated rings. The molecule has 0 bridgehead atoms. The molecule has 2 atom stereocenters. The van der Waals surface area contributed by atoms with Crippen LogP contribution >= 0.6 is 23.2 Å². The smallest absolute Gasteiger partial charge is 0.295 e. The van der Waals surface area contributed by atoms with E-state index in [0.717, 1.165) is 12.8 Å². The molecular weight excluding hydrogens is 457 g/mol. The second kappa shape index (κ2) is 9.02. The summed E-state index contributed by atoms with van der Waals surface area (Å²) in [5.41, 5.74) is 0.593. The normalized spacial score (nSPS) is 22.5. The summed E-state index contributed by atoms with van der Waals surface area (Å²) < 4.78 is 10.8. The number of rotatable bonds is 5. The number of likely N-dealkylation sites (tertiary alicyclic amines) is 1. The largest absolute Gasteiger partial charge is 0.507 e. The Morgan fingerprint density at radius 3 is 2.59 bits per heavy atom. The number of halogens is 2. The molecule has 0 aliphatic carbocycles. The first-order valence-electron chi connectivity index (χ1n) is 10.0. The number of aromatic hydroxyl groups is 1. The number of hydrogen-bond donors (Lipinski definition) is 2. The summed E-state index contributed by atoms with van der Waals surface area (Å²) in [7, 11) is 1.42. The molecule has 0 saturated carbocycles. The summed E-state index contributed by atoms with van der Waals surface area (Å²) in [5, 5.41) is 21.9. The van der Waals surface area contributed by atoms with Crippen LogP contribution in [0.25, 0.3) is 5.76 Å². The first-order chi connectivity index (χ1) is 15.3. The van der Waals surface area contributed by atoms with Crippen molar-refractivity contribution in [3.05, 3.63) is 63.1 Å². The van der Waals surface area contributed by atoms with Crippen LogP contribution in [0.3, 0.4) is 0 Å². The Kier molecular flexibility index (Phi) is 6.33. The van der Waals surface area contributed by atoms with Gasteiger partial charge in [0.2, 0.25) is 0 Å². The molecule has 2 aliphatic heterocycles. The van der Waals surface area contributed by atoms with E-state index >= 15 is 0 Å². The number of amides is 1. The number of carbonyl (C=O) groups excluding carboxylic acids is 2. The van der Waals surface area contributed by atoms with Gasteiger partial charge in [-0.05, 0) is 48.7 Å². The molecule has 9 heteroatoms. The van der Waals surface area contributed by atoms with Crippen molar-refractivity contribution in [3.63, 3.8) is 0 Å². The van der Waals surface area contributed by atoms with Gasteiger partial charge in [0.25, 0.3) is 11.7 Å². The first-order valence-corrected chi connectivity index (χ1v) is 10.8. The van der Waals surface area contributed by atoms with Crippen molar-refractivity contribution in [1.29, 1.82) is 0 Å². The minimum absolute atomic E-state index is 0.101. The van der Waals surface area contributed by atoms with Crippen molar-refractivity contribution in [2.45, 2.75) is 25.0 Å². The van der Waals surface area contributed by atoms with Gasteiger partial charge >= 0.3 is 0 Å². The van der Waals surface area contributed by atoms with Crippen LogP contribution in [0.4, 0.5) is 0 Å². The highest BCUT2D eigenvalue weighted by molar-refractivity contribution is 6.47. The summed E-state index contributed by atoms with van der Waals surface area (Å²) in [5.74, 6) is -1.86. The summed E-state index contributed by atoms with van der Waals surface area (Å²) >= 11 is 12.1. The van der Waals surface area contributed by atoms with E-state index in [1.807, 2.05) is 0 Å². The second-order valence-electron chi connectivity index (χ2n) is 7.65. The maximum Gasteiger partial charge on any atom is 0.295 e. The summed E-state index contributed by atoms with van der Waals surface area (Å²) in [6.07, 6.45) is 1.41. The number of aliphatic hydroxyl groups is 1. The van der Waals surface area contributed by atoms with Gasteiger partial charge in [-0.15, -0.1) is 0 Å². The average Bonchev–Trinajstić information content (AvgIpc) is 3.37. The van der Waals surface area contributed by atoms with E-state index in [4.69, 9.17) is 32.7 Å². The SMILES string of the molecule is COc1ccc(C2/C(=C(/O)c3ccc(Cl)c(Cl)c3)C(=O)C(=O)N2CC2CCCO2)cc1O. The van der Waals surface area contributed by atoms with Gasteiger partial charge < -0.3 is 24.6 Å². The van der Waals surface area contributed by atoms with Gasteiger partial charge in [-0.1, -0.05) is 29.3 Å². The molecule has 2 aromatic carbocycles. The van der Waals surface area contributed by atoms with E-state index in [9.17, 15) is 19.8 Å². The predicted molar refractivity (Wildman–Crippen MR) is 119 cm³/mol. The lowest BCUT2D eigenvalue weighted by molar-refractivity contribution is -0.140. The zero-order valence-electron chi connectivity index (χ0n) is 17.2. The molecule has 0 spiro atoms. The number of phenolic OH excluding ortho intramolecular Hbond substituents is 1. The molecule has 7 nitrogen and oxygen atoms in total. The highest BCUT2D eigenvalue weighted by Crippen LogP contribution is 2.42. The Morgan fingerprint density at radius 1 is 1.19 bits per heavy atom. The average molecular weight is 478 g/mol. The van der Waals surface area contributed by atoms with Crippen LogP contribution in [-0.2, 0) is 14.3 Å². The Morgan fingerprint density at radius 2 is 1.97 bits per heavy atom. The van der Waals surface area contributed by atoms with Crippen molar-refractivity contribution >= 4 is 40.7 Å². The molecule has 4 rings (SSSR count). The molecule has 1 amide bonds. The highest BCUT2D eigenvalue weighted by atomic mass is 35.5. The first kappa shape index (κ1) is 22.5. The number of benzene rings is 2. The van der Waals surface area contributed by atoms with Crippen LogP contribution in [-0.4, -0.2) is 53.2 Å². The third-order valence-corrected chi connectivity index (χ3v) is 6.41. The van der Waals surface area contributed by atoms with Gasteiger partial charge in [0.05, 0.1) is 34.9 Å². The van der Waals surface area contributed by atoms with Crippen molar-refractivity contribution in [2.24, 2.45) is 0 Å². The Balaban J connectivity index is 1.85. The second-order valence-corrected chi connectivity index (χ2v) is 8.46. The number of Topliss-reactive ketones (excluding diaryl/α,β-unsaturated/α-hetero) is 1. The number of nitrogens with zero attached hydrogens (tertiary/aromatic N) is 1. The van der Waals surface area contributed by atoms with Gasteiger partial charge in [0, 0.05) is 18.7 Å². The van der Waals surface area contributed by atoms with Crippen LogP contribution in [0.5, 0.6) is 11.5 Å². The summed E-state index contributed by atoms with van der Waals surface area (Å²) in [4.78, 5) is 27.4. The number of carbonyl (C=O) groups is 2. The van der Waals surface area contributed by atoms with Crippen LogP contribution in [0.1, 0.15) is 30.0 Å². The molecule has 168 valence electrons. The van der Waals surface area contributed by atoms with Gasteiger partial charge in [0.1, 0.15) is 5.76 Å². The van der Waals surface area contributed by atoms with Crippen LogP contribution < -0.4 is 4.74 Å². The maximum absolute atomic E-state index is 13.1. The van der Waals surface area contributed by atoms with Gasteiger partial charge in [-0.2, -0.15) is 0 Å². The zero-order valence-corrected chi connectivity index (χ0v) is 18.7.